The summed E-state index contributed by atoms with van der Waals surface area (Å²) in [6.45, 7) is 14.8. The summed E-state index contributed by atoms with van der Waals surface area (Å²) in [5, 5.41) is 0. The lowest BCUT2D eigenvalue weighted by Gasteiger charge is -2.57. The van der Waals surface area contributed by atoms with Crippen molar-refractivity contribution in [1.29, 1.82) is 0 Å². The van der Waals surface area contributed by atoms with Crippen LogP contribution in [0.15, 0.2) is 0 Å². The largest absolute Gasteiger partial charge is 0.300 e. The topological polar surface area (TPSA) is 17.1 Å². The molecule has 1 nitrogen and oxygen atoms in total. The zero-order valence-corrected chi connectivity index (χ0v) is 18.2. The van der Waals surface area contributed by atoms with Gasteiger partial charge in [-0.25, -0.2) is 0 Å². The first-order valence-corrected chi connectivity index (χ1v) is 11.6. The van der Waals surface area contributed by atoms with Crippen molar-refractivity contribution in [3.63, 3.8) is 0 Å². The van der Waals surface area contributed by atoms with E-state index in [9.17, 15) is 4.79 Å². The fourth-order valence-corrected chi connectivity index (χ4v) is 8.88. The Morgan fingerprint density at radius 3 is 1.42 bits per heavy atom. The average molecular weight is 359 g/mol. The molecule has 0 N–H and O–H groups in total. The van der Waals surface area contributed by atoms with Crippen molar-refractivity contribution in [2.45, 2.75) is 92.9 Å². The standard InChI is InChI=1S/C25H42O/c1-15-20(17-7-9-22(15)24(3,4)13-17)11-19(26)12-21-16(2)23-10-8-18(21)14-25(23,5)6/h15-18,20-23H,7-14H2,1-6H3. The SMILES string of the molecule is CC1C(CC(=O)CC2C3CCC(C2C)C(C)(C)C3)C2CCC1C(C)(C)C2. The summed E-state index contributed by atoms with van der Waals surface area (Å²) in [7, 11) is 0. The molecule has 0 aromatic carbocycles. The lowest BCUT2D eigenvalue weighted by atomic mass is 9.48. The smallest absolute Gasteiger partial charge is 0.133 e. The number of Topliss-reactive ketones (excluding diaryl/α,β-unsaturated/α-hetero) is 1. The van der Waals surface area contributed by atoms with E-state index in [0.29, 0.717) is 28.4 Å². The highest BCUT2D eigenvalue weighted by molar-refractivity contribution is 5.79. The fourth-order valence-electron chi connectivity index (χ4n) is 8.88. The summed E-state index contributed by atoms with van der Waals surface area (Å²) in [5.41, 5.74) is 1.01. The molecule has 8 unspecified atom stereocenters. The van der Waals surface area contributed by atoms with Gasteiger partial charge in [0.15, 0.2) is 0 Å². The number of ketones is 1. The molecule has 6 fully saturated rings. The van der Waals surface area contributed by atoms with Crippen molar-refractivity contribution >= 4 is 5.78 Å². The van der Waals surface area contributed by atoms with Crippen LogP contribution < -0.4 is 0 Å². The maximum absolute atomic E-state index is 13.1. The van der Waals surface area contributed by atoms with Gasteiger partial charge in [0.05, 0.1) is 0 Å². The minimum Gasteiger partial charge on any atom is -0.300 e. The summed E-state index contributed by atoms with van der Waals surface area (Å²) >= 11 is 0. The van der Waals surface area contributed by atoms with Crippen molar-refractivity contribution in [3.8, 4) is 0 Å². The van der Waals surface area contributed by atoms with E-state index in [2.05, 4.69) is 41.5 Å². The first-order valence-electron chi connectivity index (χ1n) is 11.6. The highest BCUT2D eigenvalue weighted by Crippen LogP contribution is 2.60. The summed E-state index contributed by atoms with van der Waals surface area (Å²) < 4.78 is 0. The molecule has 4 bridgehead atoms. The van der Waals surface area contributed by atoms with E-state index in [0.717, 1.165) is 48.3 Å². The Kier molecular flexibility index (Phi) is 4.64. The number of carbonyl (C=O) groups is 1. The van der Waals surface area contributed by atoms with Crippen molar-refractivity contribution in [2.75, 3.05) is 0 Å². The molecule has 0 heterocycles. The van der Waals surface area contributed by atoms with Crippen LogP contribution in [0.3, 0.4) is 0 Å². The van der Waals surface area contributed by atoms with Crippen molar-refractivity contribution in [3.05, 3.63) is 0 Å². The third-order valence-electron chi connectivity index (χ3n) is 10.0. The molecule has 0 aromatic rings. The molecular formula is C25H42O. The van der Waals surface area contributed by atoms with Gasteiger partial charge in [-0.05, 0) is 96.7 Å². The molecule has 0 saturated heterocycles. The van der Waals surface area contributed by atoms with Crippen LogP contribution in [0, 0.1) is 58.2 Å². The number of hydrogen-bond acceptors (Lipinski definition) is 1. The second kappa shape index (κ2) is 6.35. The molecule has 0 radical (unpaired) electrons. The van der Waals surface area contributed by atoms with E-state index in [4.69, 9.17) is 0 Å². The molecule has 0 amide bonds. The highest BCUT2D eigenvalue weighted by Gasteiger charge is 2.52. The van der Waals surface area contributed by atoms with E-state index < -0.39 is 0 Å². The third-order valence-corrected chi connectivity index (χ3v) is 10.0. The van der Waals surface area contributed by atoms with E-state index in [1.165, 1.54) is 38.5 Å². The summed E-state index contributed by atoms with van der Waals surface area (Å²) in [5.74, 6) is 6.78. The van der Waals surface area contributed by atoms with Crippen LogP contribution in [-0.2, 0) is 4.79 Å². The predicted octanol–water partition coefficient (Wildman–Crippen LogP) is 6.75. The summed E-state index contributed by atoms with van der Waals surface area (Å²) in [4.78, 5) is 13.1. The Hall–Kier alpha value is -0.330. The predicted molar refractivity (Wildman–Crippen MR) is 109 cm³/mol. The zero-order chi connectivity index (χ0) is 18.9. The summed E-state index contributed by atoms with van der Waals surface area (Å²) in [6, 6.07) is 0. The number of fused-ring (bicyclic) bond motifs is 6. The van der Waals surface area contributed by atoms with Gasteiger partial charge in [-0.3, -0.25) is 4.79 Å². The van der Waals surface area contributed by atoms with E-state index in [1.807, 2.05) is 0 Å². The van der Waals surface area contributed by atoms with Gasteiger partial charge in [-0.15, -0.1) is 0 Å². The Morgan fingerprint density at radius 2 is 1.12 bits per heavy atom. The van der Waals surface area contributed by atoms with Gasteiger partial charge in [0, 0.05) is 12.8 Å². The Labute approximate surface area is 162 Å². The van der Waals surface area contributed by atoms with Gasteiger partial charge < -0.3 is 0 Å². The normalized spacial score (nSPS) is 48.5. The monoisotopic (exact) mass is 358 g/mol. The molecular weight excluding hydrogens is 316 g/mol. The summed E-state index contributed by atoms with van der Waals surface area (Å²) in [6.07, 6.45) is 10.1. The molecule has 1 heteroatoms. The first kappa shape index (κ1) is 19.0. The quantitative estimate of drug-likeness (QED) is 0.543. The lowest BCUT2D eigenvalue weighted by molar-refractivity contribution is -0.131. The molecule has 26 heavy (non-hydrogen) atoms. The van der Waals surface area contributed by atoms with Crippen LogP contribution in [0.5, 0.6) is 0 Å². The van der Waals surface area contributed by atoms with E-state index >= 15 is 0 Å². The van der Waals surface area contributed by atoms with Crippen LogP contribution in [-0.4, -0.2) is 5.78 Å². The highest BCUT2D eigenvalue weighted by atomic mass is 16.1. The maximum atomic E-state index is 13.1. The fraction of sp³-hybridized carbons (Fsp3) is 0.960. The van der Waals surface area contributed by atoms with Gasteiger partial charge in [-0.2, -0.15) is 0 Å². The minimum absolute atomic E-state index is 0.504. The molecule has 148 valence electrons. The van der Waals surface area contributed by atoms with Crippen LogP contribution >= 0.6 is 0 Å². The zero-order valence-electron chi connectivity index (χ0n) is 18.2. The second-order valence-electron chi connectivity index (χ2n) is 12.3. The number of hydrogen-bond donors (Lipinski definition) is 0. The molecule has 6 aliphatic rings. The second-order valence-corrected chi connectivity index (χ2v) is 12.3. The van der Waals surface area contributed by atoms with Gasteiger partial charge >= 0.3 is 0 Å². The molecule has 6 rings (SSSR count). The molecule has 0 spiro atoms. The van der Waals surface area contributed by atoms with E-state index in [1.54, 1.807) is 0 Å². The average Bonchev–Trinajstić information content (AvgIpc) is 2.52. The van der Waals surface area contributed by atoms with E-state index in [-0.39, 0.29) is 0 Å². The van der Waals surface area contributed by atoms with Crippen LogP contribution in [0.25, 0.3) is 0 Å². The molecule has 0 aliphatic heterocycles. The Bertz CT molecular complexity index is 507. The minimum atomic E-state index is 0.504. The maximum Gasteiger partial charge on any atom is 0.133 e. The Balaban J connectivity index is 1.40. The molecule has 8 atom stereocenters. The van der Waals surface area contributed by atoms with Crippen molar-refractivity contribution in [2.24, 2.45) is 58.2 Å². The molecule has 6 saturated carbocycles. The number of rotatable bonds is 4. The first-order chi connectivity index (χ1) is 12.1. The van der Waals surface area contributed by atoms with Crippen molar-refractivity contribution < 1.29 is 4.79 Å². The van der Waals surface area contributed by atoms with Crippen LogP contribution in [0.4, 0.5) is 0 Å². The van der Waals surface area contributed by atoms with Gasteiger partial charge in [0.1, 0.15) is 5.78 Å². The Morgan fingerprint density at radius 1 is 0.731 bits per heavy atom. The van der Waals surface area contributed by atoms with Crippen molar-refractivity contribution in [1.82, 2.24) is 0 Å². The van der Waals surface area contributed by atoms with Crippen LogP contribution in [0.1, 0.15) is 92.9 Å². The third kappa shape index (κ3) is 3.00. The number of carbonyl (C=O) groups excluding carboxylic acids is 1. The van der Waals surface area contributed by atoms with Gasteiger partial charge in [-0.1, -0.05) is 41.5 Å². The van der Waals surface area contributed by atoms with Gasteiger partial charge in [0.25, 0.3) is 0 Å². The molecule has 6 aliphatic carbocycles. The van der Waals surface area contributed by atoms with Gasteiger partial charge in [0.2, 0.25) is 0 Å². The lowest BCUT2D eigenvalue weighted by Crippen LogP contribution is -2.50. The molecule has 0 aromatic heterocycles. The van der Waals surface area contributed by atoms with Crippen LogP contribution in [0.2, 0.25) is 0 Å².